The average Bonchev–Trinajstić information content (AvgIpc) is 3.01. The number of hydrogen-bond donors (Lipinski definition) is 2. The minimum atomic E-state index is -0.160. The smallest absolute Gasteiger partial charge is 0.220 e. The second kappa shape index (κ2) is 8.19. The molecule has 0 bridgehead atoms. The monoisotopic (exact) mass is 388 g/mol. The zero-order valence-electron chi connectivity index (χ0n) is 15.8. The Morgan fingerprint density at radius 1 is 1.22 bits per heavy atom. The van der Waals surface area contributed by atoms with Crippen molar-refractivity contribution in [2.24, 2.45) is 17.6 Å². The van der Waals surface area contributed by atoms with E-state index in [4.69, 9.17) is 17.3 Å². The molecule has 5 nitrogen and oxygen atoms in total. The minimum absolute atomic E-state index is 0.0242. The van der Waals surface area contributed by atoms with E-state index < -0.39 is 0 Å². The molecule has 0 unspecified atom stereocenters. The first kappa shape index (κ1) is 18.8. The number of aromatic amines is 1. The van der Waals surface area contributed by atoms with Gasteiger partial charge in [0.1, 0.15) is 5.15 Å². The molecule has 1 amide bonds. The van der Waals surface area contributed by atoms with Crippen LogP contribution < -0.4 is 5.73 Å². The van der Waals surface area contributed by atoms with Crippen LogP contribution in [0.15, 0.2) is 12.3 Å². The number of aromatic nitrogens is 2. The number of rotatable bonds is 5. The van der Waals surface area contributed by atoms with Gasteiger partial charge in [-0.05, 0) is 49.9 Å². The van der Waals surface area contributed by atoms with Crippen molar-refractivity contribution in [1.29, 1.82) is 0 Å². The lowest BCUT2D eigenvalue weighted by Gasteiger charge is -2.31. The number of H-pyrrole nitrogens is 1. The summed E-state index contributed by atoms with van der Waals surface area (Å²) in [4.78, 5) is 21.8. The quantitative estimate of drug-likeness (QED) is 0.759. The summed E-state index contributed by atoms with van der Waals surface area (Å²) in [6.45, 7) is 2.67. The first-order valence-corrected chi connectivity index (χ1v) is 10.6. The molecule has 4 rings (SSSR count). The van der Waals surface area contributed by atoms with E-state index in [1.807, 2.05) is 6.07 Å². The number of carbonyl (C=O) groups excluding carboxylic acids is 1. The van der Waals surface area contributed by atoms with Crippen LogP contribution in [-0.2, 0) is 17.8 Å². The normalized spacial score (nSPS) is 20.3. The molecule has 2 fully saturated rings. The zero-order chi connectivity index (χ0) is 18.8. The molecule has 6 heteroatoms. The summed E-state index contributed by atoms with van der Waals surface area (Å²) in [6, 6.07) is 2.02. The van der Waals surface area contributed by atoms with E-state index in [0.717, 1.165) is 55.7 Å². The van der Waals surface area contributed by atoms with Crippen molar-refractivity contribution in [2.75, 3.05) is 13.1 Å². The summed E-state index contributed by atoms with van der Waals surface area (Å²) in [7, 11) is 0. The van der Waals surface area contributed by atoms with Crippen molar-refractivity contribution in [3.63, 3.8) is 0 Å². The van der Waals surface area contributed by atoms with Gasteiger partial charge in [0.05, 0.1) is 5.52 Å². The van der Waals surface area contributed by atoms with Gasteiger partial charge in [-0.1, -0.05) is 43.7 Å². The third-order valence-electron chi connectivity index (χ3n) is 6.45. The van der Waals surface area contributed by atoms with Gasteiger partial charge < -0.3 is 10.7 Å². The lowest BCUT2D eigenvalue weighted by molar-refractivity contribution is -0.123. The Morgan fingerprint density at radius 3 is 2.67 bits per heavy atom. The summed E-state index contributed by atoms with van der Waals surface area (Å²) >= 11 is 6.49. The molecule has 1 saturated carbocycles. The third kappa shape index (κ3) is 4.14. The van der Waals surface area contributed by atoms with Crippen LogP contribution >= 0.6 is 11.6 Å². The molecule has 27 heavy (non-hydrogen) atoms. The van der Waals surface area contributed by atoms with Gasteiger partial charge in [-0.2, -0.15) is 0 Å². The molecular formula is C21H29ClN4O. The Bertz CT molecular complexity index is 804. The molecule has 1 aliphatic carbocycles. The molecule has 146 valence electrons. The Morgan fingerprint density at radius 2 is 1.96 bits per heavy atom. The van der Waals surface area contributed by atoms with Gasteiger partial charge in [-0.15, -0.1) is 0 Å². The SMILES string of the molecule is NC(=O)C1CCN(Cc2c(CC3CCCCC3)[nH]c3ccnc(Cl)c23)CC1. The van der Waals surface area contributed by atoms with Crippen LogP contribution in [0, 0.1) is 11.8 Å². The molecule has 3 heterocycles. The number of carbonyl (C=O) groups is 1. The molecule has 2 aliphatic rings. The summed E-state index contributed by atoms with van der Waals surface area (Å²) in [5, 5.41) is 1.66. The topological polar surface area (TPSA) is 75.0 Å². The van der Waals surface area contributed by atoms with E-state index in [9.17, 15) is 4.79 Å². The van der Waals surface area contributed by atoms with Crippen LogP contribution in [0.4, 0.5) is 0 Å². The molecule has 0 radical (unpaired) electrons. The fraction of sp³-hybridized carbons (Fsp3) is 0.619. The average molecular weight is 389 g/mol. The highest BCUT2D eigenvalue weighted by Crippen LogP contribution is 2.34. The summed E-state index contributed by atoms with van der Waals surface area (Å²) < 4.78 is 0. The van der Waals surface area contributed by atoms with E-state index in [1.165, 1.54) is 43.4 Å². The molecule has 0 spiro atoms. The minimum Gasteiger partial charge on any atom is -0.369 e. The van der Waals surface area contributed by atoms with Gasteiger partial charge in [0.2, 0.25) is 5.91 Å². The van der Waals surface area contributed by atoms with Gasteiger partial charge in [0, 0.05) is 29.7 Å². The van der Waals surface area contributed by atoms with Gasteiger partial charge in [-0.25, -0.2) is 4.98 Å². The van der Waals surface area contributed by atoms with E-state index in [1.54, 1.807) is 6.20 Å². The standard InChI is InChI=1S/C21H29ClN4O/c22-20-19-16(13-26-10-7-15(8-11-26)21(23)27)18(25-17(19)6-9-24-20)12-14-4-2-1-3-5-14/h6,9,14-15,25H,1-5,7-8,10-13H2,(H2,23,27). The number of nitrogens with zero attached hydrogens (tertiary/aromatic N) is 2. The molecular weight excluding hydrogens is 360 g/mol. The van der Waals surface area contributed by atoms with E-state index in [2.05, 4.69) is 14.9 Å². The molecule has 1 aliphatic heterocycles. The number of hydrogen-bond acceptors (Lipinski definition) is 3. The molecule has 0 aromatic carbocycles. The first-order valence-electron chi connectivity index (χ1n) is 10.3. The van der Waals surface area contributed by atoms with Crippen LogP contribution in [0.25, 0.3) is 10.9 Å². The van der Waals surface area contributed by atoms with Crippen LogP contribution in [0.1, 0.15) is 56.2 Å². The molecule has 2 aromatic rings. The van der Waals surface area contributed by atoms with Crippen LogP contribution in [0.3, 0.4) is 0 Å². The van der Waals surface area contributed by atoms with Gasteiger partial charge in [-0.3, -0.25) is 9.69 Å². The van der Waals surface area contributed by atoms with Crippen molar-refractivity contribution in [3.8, 4) is 0 Å². The number of pyridine rings is 1. The third-order valence-corrected chi connectivity index (χ3v) is 6.73. The van der Waals surface area contributed by atoms with Crippen molar-refractivity contribution in [3.05, 3.63) is 28.7 Å². The second-order valence-corrected chi connectivity index (χ2v) is 8.63. The zero-order valence-corrected chi connectivity index (χ0v) is 16.6. The Labute approximate surface area is 165 Å². The van der Waals surface area contributed by atoms with Crippen molar-refractivity contribution < 1.29 is 4.79 Å². The highest BCUT2D eigenvalue weighted by atomic mass is 35.5. The highest BCUT2D eigenvalue weighted by Gasteiger charge is 2.26. The molecule has 1 saturated heterocycles. The number of fused-ring (bicyclic) bond motifs is 1. The number of amides is 1. The number of piperidine rings is 1. The number of halogens is 1. The molecule has 3 N–H and O–H groups in total. The fourth-order valence-corrected chi connectivity index (χ4v) is 5.12. The maximum Gasteiger partial charge on any atom is 0.220 e. The van der Waals surface area contributed by atoms with E-state index in [0.29, 0.717) is 5.15 Å². The van der Waals surface area contributed by atoms with Crippen molar-refractivity contribution in [2.45, 2.75) is 57.9 Å². The summed E-state index contributed by atoms with van der Waals surface area (Å²) in [5.74, 6) is 0.626. The van der Waals surface area contributed by atoms with E-state index in [-0.39, 0.29) is 11.8 Å². The van der Waals surface area contributed by atoms with Crippen molar-refractivity contribution in [1.82, 2.24) is 14.9 Å². The van der Waals surface area contributed by atoms with Crippen LogP contribution in [-0.4, -0.2) is 33.9 Å². The Kier molecular flexibility index (Phi) is 5.69. The molecule has 0 atom stereocenters. The number of primary amides is 1. The van der Waals surface area contributed by atoms with Crippen LogP contribution in [0.5, 0.6) is 0 Å². The Balaban J connectivity index is 1.57. The maximum absolute atomic E-state index is 11.4. The van der Waals surface area contributed by atoms with Crippen LogP contribution in [0.2, 0.25) is 5.15 Å². The summed E-state index contributed by atoms with van der Waals surface area (Å²) in [5.41, 5.74) is 9.19. The van der Waals surface area contributed by atoms with E-state index >= 15 is 0 Å². The predicted octanol–water partition coefficient (Wildman–Crippen LogP) is 4.04. The highest BCUT2D eigenvalue weighted by molar-refractivity contribution is 6.34. The van der Waals surface area contributed by atoms with Gasteiger partial charge in [0.15, 0.2) is 0 Å². The van der Waals surface area contributed by atoms with Gasteiger partial charge >= 0.3 is 0 Å². The predicted molar refractivity (Wildman–Crippen MR) is 109 cm³/mol. The summed E-state index contributed by atoms with van der Waals surface area (Å²) in [6.07, 6.45) is 11.3. The largest absolute Gasteiger partial charge is 0.369 e. The second-order valence-electron chi connectivity index (χ2n) is 8.27. The number of likely N-dealkylation sites (tertiary alicyclic amines) is 1. The molecule has 2 aromatic heterocycles. The number of nitrogens with two attached hydrogens (primary N) is 1. The fourth-order valence-electron chi connectivity index (χ4n) is 4.84. The van der Waals surface area contributed by atoms with Crippen molar-refractivity contribution >= 4 is 28.4 Å². The Hall–Kier alpha value is -1.59. The number of nitrogens with one attached hydrogen (secondary N) is 1. The lowest BCUT2D eigenvalue weighted by Crippen LogP contribution is -2.38. The first-order chi connectivity index (χ1) is 13.1. The van der Waals surface area contributed by atoms with Gasteiger partial charge in [0.25, 0.3) is 0 Å². The lowest BCUT2D eigenvalue weighted by atomic mass is 9.85. The maximum atomic E-state index is 11.4.